The average Bonchev–Trinajstić information content (AvgIpc) is 2.83. The zero-order valence-electron chi connectivity index (χ0n) is 24.3. The Morgan fingerprint density at radius 1 is 1.07 bits per heavy atom. The normalized spacial score (nSPS) is 31.6. The predicted molar refractivity (Wildman–Crippen MR) is 149 cm³/mol. The van der Waals surface area contributed by atoms with Gasteiger partial charge in [-0.2, -0.15) is 0 Å². The zero-order valence-corrected chi connectivity index (χ0v) is 24.3. The number of fused-ring (bicyclic) bond motifs is 3. The van der Waals surface area contributed by atoms with E-state index in [0.717, 1.165) is 17.8 Å². The number of hydrogen-bond donors (Lipinski definition) is 3. The number of anilines is 1. The molecule has 0 spiro atoms. The van der Waals surface area contributed by atoms with Crippen molar-refractivity contribution in [3.8, 4) is 5.75 Å². The molecule has 1 aromatic rings. The monoisotopic (exact) mass is 568 g/mol. The van der Waals surface area contributed by atoms with Gasteiger partial charge in [-0.05, 0) is 75.9 Å². The molecular formula is C30H40N4O7. The van der Waals surface area contributed by atoms with Gasteiger partial charge in [0.15, 0.2) is 34.7 Å². The number of amides is 1. The second-order valence-electron chi connectivity index (χ2n) is 12.9. The molecule has 11 heteroatoms. The van der Waals surface area contributed by atoms with E-state index < -0.39 is 64.4 Å². The van der Waals surface area contributed by atoms with Crippen LogP contribution in [0, 0.1) is 29.6 Å². The topological polar surface area (TPSA) is 162 Å². The number of rotatable bonds is 7. The average molecular weight is 569 g/mol. The molecule has 6 atom stereocenters. The third-order valence-electron chi connectivity index (χ3n) is 9.79. The first-order valence-electron chi connectivity index (χ1n) is 14.3. The lowest BCUT2D eigenvalue weighted by Crippen LogP contribution is -2.74. The van der Waals surface area contributed by atoms with Gasteiger partial charge in [0.2, 0.25) is 5.91 Å². The summed E-state index contributed by atoms with van der Waals surface area (Å²) in [5, 5.41) is 22.9. The van der Waals surface area contributed by atoms with Crippen molar-refractivity contribution in [1.82, 2.24) is 9.80 Å². The molecule has 0 bridgehead atoms. The molecule has 4 aliphatic rings. The van der Waals surface area contributed by atoms with Gasteiger partial charge in [0.05, 0.1) is 17.5 Å². The maximum atomic E-state index is 14.0. The molecule has 0 aliphatic heterocycles. The van der Waals surface area contributed by atoms with Gasteiger partial charge in [-0.15, -0.1) is 0 Å². The van der Waals surface area contributed by atoms with Crippen LogP contribution in [0.4, 0.5) is 5.69 Å². The molecule has 2 unspecified atom stereocenters. The number of ketones is 4. The van der Waals surface area contributed by atoms with E-state index in [-0.39, 0.29) is 24.2 Å². The Balaban J connectivity index is 1.58. The lowest BCUT2D eigenvalue weighted by atomic mass is 9.52. The highest BCUT2D eigenvalue weighted by molar-refractivity contribution is 6.32. The molecule has 5 rings (SSSR count). The predicted octanol–water partition coefficient (Wildman–Crippen LogP) is 0.165. The van der Waals surface area contributed by atoms with Gasteiger partial charge in [-0.25, -0.2) is 0 Å². The molecule has 222 valence electrons. The first-order chi connectivity index (χ1) is 19.2. The number of phenolic OH excluding ortho intramolecular Hbond substituents is 1. The molecule has 4 aliphatic carbocycles. The van der Waals surface area contributed by atoms with E-state index in [1.807, 2.05) is 26.0 Å². The first kappa shape index (κ1) is 29.3. The number of nitrogens with zero attached hydrogens (tertiary/aromatic N) is 3. The lowest BCUT2D eigenvalue weighted by molar-refractivity contribution is -0.181. The number of aromatic hydroxyl groups is 1. The minimum Gasteiger partial charge on any atom is -0.507 e. The van der Waals surface area contributed by atoms with Crippen LogP contribution in [-0.2, 0) is 32.1 Å². The number of nitrogens with two attached hydrogens (primary N) is 1. The van der Waals surface area contributed by atoms with Crippen LogP contribution in [0.1, 0.15) is 47.2 Å². The highest BCUT2D eigenvalue weighted by atomic mass is 16.3. The summed E-state index contributed by atoms with van der Waals surface area (Å²) in [6.45, 7) is 1.50. The molecule has 0 saturated heterocycles. The lowest BCUT2D eigenvalue weighted by Gasteiger charge is -2.52. The summed E-state index contributed by atoms with van der Waals surface area (Å²) in [5.74, 6) is -9.66. The Morgan fingerprint density at radius 2 is 1.73 bits per heavy atom. The Kier molecular flexibility index (Phi) is 7.36. The second-order valence-corrected chi connectivity index (χ2v) is 12.9. The van der Waals surface area contributed by atoms with Crippen LogP contribution < -0.4 is 10.6 Å². The molecule has 3 saturated carbocycles. The number of phenols is 1. The summed E-state index contributed by atoms with van der Waals surface area (Å²) < 4.78 is 0. The highest BCUT2D eigenvalue weighted by Crippen LogP contribution is 2.52. The molecule has 0 aromatic heterocycles. The van der Waals surface area contributed by atoms with Gasteiger partial charge in [0.1, 0.15) is 5.75 Å². The van der Waals surface area contributed by atoms with Crippen LogP contribution in [0.3, 0.4) is 0 Å². The number of likely N-dealkylation sites (N-methyl/N-ethyl adjacent to an activating group) is 1. The van der Waals surface area contributed by atoms with E-state index >= 15 is 0 Å². The number of benzene rings is 1. The Labute approximate surface area is 239 Å². The van der Waals surface area contributed by atoms with Crippen LogP contribution in [0.15, 0.2) is 6.07 Å². The zero-order chi connectivity index (χ0) is 30.1. The third kappa shape index (κ3) is 4.40. The molecule has 3 fully saturated rings. The minimum absolute atomic E-state index is 0.0192. The number of carbonyl (C=O) groups excluding carboxylic acids is 5. The van der Waals surface area contributed by atoms with Gasteiger partial charge >= 0.3 is 0 Å². The van der Waals surface area contributed by atoms with Crippen LogP contribution >= 0.6 is 0 Å². The first-order valence-corrected chi connectivity index (χ1v) is 14.3. The van der Waals surface area contributed by atoms with Crippen molar-refractivity contribution in [3.63, 3.8) is 0 Å². The van der Waals surface area contributed by atoms with Crippen molar-refractivity contribution in [2.75, 3.05) is 46.7 Å². The third-order valence-corrected chi connectivity index (χ3v) is 9.79. The van der Waals surface area contributed by atoms with Gasteiger partial charge in [-0.1, -0.05) is 6.42 Å². The summed E-state index contributed by atoms with van der Waals surface area (Å²) in [5.41, 5.74) is 4.96. The largest absolute Gasteiger partial charge is 0.507 e. The van der Waals surface area contributed by atoms with Crippen LogP contribution in [-0.4, -0.2) is 102 Å². The van der Waals surface area contributed by atoms with Crippen LogP contribution in [0.2, 0.25) is 0 Å². The Morgan fingerprint density at radius 3 is 2.27 bits per heavy atom. The summed E-state index contributed by atoms with van der Waals surface area (Å²) in [4.78, 5) is 72.4. The molecule has 41 heavy (non-hydrogen) atoms. The summed E-state index contributed by atoms with van der Waals surface area (Å²) in [7, 11) is 8.92. The fraction of sp³-hybridized carbons (Fsp3) is 0.633. The van der Waals surface area contributed by atoms with Crippen molar-refractivity contribution >= 4 is 34.7 Å². The van der Waals surface area contributed by atoms with E-state index in [9.17, 15) is 34.2 Å². The smallest absolute Gasteiger partial charge is 0.235 e. The maximum absolute atomic E-state index is 14.0. The number of primary amides is 1. The van der Waals surface area contributed by atoms with Crippen molar-refractivity contribution in [1.29, 1.82) is 0 Å². The molecule has 1 amide bonds. The fourth-order valence-electron chi connectivity index (χ4n) is 7.88. The minimum atomic E-state index is -2.72. The number of Topliss-reactive ketones (excluding diaryl/α,β-unsaturated/α-hetero) is 4. The Hall–Kier alpha value is -3.15. The summed E-state index contributed by atoms with van der Waals surface area (Å²) in [6, 6.07) is 0.453. The molecule has 4 N–H and O–H groups in total. The SMILES string of the molecule is CN(Cc1cc(O)c2c(c1N(C)C)C[C@H]1C[C@H]3[C@H](N(C)C)C(=O)C(C(N)=O)C(=O)[C@@]3(O)C(=O)C1C2=O)CC1CCC1. The van der Waals surface area contributed by atoms with E-state index in [1.54, 1.807) is 20.2 Å². The van der Waals surface area contributed by atoms with Crippen LogP contribution in [0.25, 0.3) is 0 Å². The number of aliphatic hydroxyl groups is 1. The van der Waals surface area contributed by atoms with Crippen LogP contribution in [0.5, 0.6) is 5.75 Å². The van der Waals surface area contributed by atoms with Gasteiger partial charge in [-0.3, -0.25) is 28.9 Å². The maximum Gasteiger partial charge on any atom is 0.235 e. The van der Waals surface area contributed by atoms with Gasteiger partial charge in [0, 0.05) is 38.8 Å². The van der Waals surface area contributed by atoms with Gasteiger partial charge < -0.3 is 25.7 Å². The Bertz CT molecular complexity index is 1340. The van der Waals surface area contributed by atoms with Crippen molar-refractivity contribution < 1.29 is 34.2 Å². The molecular weight excluding hydrogens is 528 g/mol. The van der Waals surface area contributed by atoms with Crippen molar-refractivity contribution in [2.45, 2.75) is 50.3 Å². The quantitative estimate of drug-likeness (QED) is 0.387. The van der Waals surface area contributed by atoms with E-state index in [0.29, 0.717) is 18.0 Å². The molecule has 0 heterocycles. The summed E-state index contributed by atoms with van der Waals surface area (Å²) in [6.07, 6.45) is 3.93. The molecule has 0 radical (unpaired) electrons. The molecule has 1 aromatic carbocycles. The van der Waals surface area contributed by atoms with E-state index in [2.05, 4.69) is 4.90 Å². The van der Waals surface area contributed by atoms with E-state index in [1.165, 1.54) is 24.2 Å². The van der Waals surface area contributed by atoms with Gasteiger partial charge in [0.25, 0.3) is 0 Å². The summed E-state index contributed by atoms with van der Waals surface area (Å²) >= 11 is 0. The van der Waals surface area contributed by atoms with Crippen molar-refractivity contribution in [3.05, 3.63) is 22.8 Å². The number of carbonyl (C=O) groups is 5. The number of hydrogen-bond acceptors (Lipinski definition) is 10. The van der Waals surface area contributed by atoms with E-state index in [4.69, 9.17) is 5.73 Å². The molecule has 11 nitrogen and oxygen atoms in total. The highest BCUT2D eigenvalue weighted by Gasteiger charge is 2.69. The standard InChI is InChI=1S/C30H40N4O7/c1-32(2)23-16(13-34(5)12-14-7-6-8-14)11-19(35)21-17(23)9-15-10-18-24(33(3)4)26(37)22(29(31)40)28(39)30(18,41)27(38)20(15)25(21)36/h11,14-15,18,20,22,24,35,41H,6-10,12-13H2,1-5H3,(H2,31,40)/t15-,18-,20?,22?,24-,30-/m0/s1. The second kappa shape index (κ2) is 10.3. The fourth-order valence-corrected chi connectivity index (χ4v) is 7.88. The van der Waals surface area contributed by atoms with Crippen molar-refractivity contribution in [2.24, 2.45) is 35.3 Å².